The molecule has 0 fully saturated rings. The molecule has 0 unspecified atom stereocenters. The predicted octanol–water partition coefficient (Wildman–Crippen LogP) is 4.71. The molecule has 0 atom stereocenters. The fraction of sp³-hybridized carbons (Fsp3) is 0.111. The molecule has 0 bridgehead atoms. The van der Waals surface area contributed by atoms with Crippen molar-refractivity contribution in [3.63, 3.8) is 0 Å². The highest BCUT2D eigenvalue weighted by molar-refractivity contribution is 9.11. The van der Waals surface area contributed by atoms with E-state index in [-0.39, 0.29) is 5.56 Å². The number of hydrogen-bond donors (Lipinski definition) is 0. The van der Waals surface area contributed by atoms with Gasteiger partial charge in [-0.3, -0.25) is 9.20 Å². The fourth-order valence-electron chi connectivity index (χ4n) is 2.96. The molecule has 1 aliphatic carbocycles. The van der Waals surface area contributed by atoms with Crippen molar-refractivity contribution in [3.05, 3.63) is 78.7 Å². The molecule has 0 aliphatic heterocycles. The van der Waals surface area contributed by atoms with Gasteiger partial charge in [-0.05, 0) is 68.0 Å². The normalized spacial score (nSPS) is 15.3. The number of allylic oxidation sites excluding steroid dienone is 1. The minimum atomic E-state index is 0.0171. The van der Waals surface area contributed by atoms with Crippen molar-refractivity contribution in [1.29, 1.82) is 0 Å². The van der Waals surface area contributed by atoms with Gasteiger partial charge < -0.3 is 0 Å². The number of halogens is 2. The van der Waals surface area contributed by atoms with Gasteiger partial charge in [-0.2, -0.15) is 0 Å². The van der Waals surface area contributed by atoms with Crippen molar-refractivity contribution in [2.45, 2.75) is 12.8 Å². The first-order chi connectivity index (χ1) is 11.1. The van der Waals surface area contributed by atoms with Crippen LogP contribution >= 0.6 is 31.9 Å². The van der Waals surface area contributed by atoms with Crippen LogP contribution < -0.4 is 5.56 Å². The van der Waals surface area contributed by atoms with Crippen LogP contribution in [0.15, 0.2) is 56.3 Å². The van der Waals surface area contributed by atoms with Gasteiger partial charge in [-0.25, -0.2) is 4.98 Å². The lowest BCUT2D eigenvalue weighted by Gasteiger charge is -2.07. The van der Waals surface area contributed by atoms with Crippen LogP contribution in [0.2, 0.25) is 0 Å². The summed E-state index contributed by atoms with van der Waals surface area (Å²) in [5.41, 5.74) is 4.56. The summed E-state index contributed by atoms with van der Waals surface area (Å²) in [7, 11) is 0. The number of aromatic nitrogens is 2. The van der Waals surface area contributed by atoms with Crippen LogP contribution in [0.1, 0.15) is 23.2 Å². The zero-order valence-electron chi connectivity index (χ0n) is 12.1. The Hall–Kier alpha value is -1.72. The molecular formula is C18H12Br2N2O. The van der Waals surface area contributed by atoms with E-state index in [0.29, 0.717) is 5.65 Å². The minimum absolute atomic E-state index is 0.0171. The molecule has 3 aromatic rings. The Morgan fingerprint density at radius 1 is 1.13 bits per heavy atom. The van der Waals surface area contributed by atoms with Gasteiger partial charge in [-0.15, -0.1) is 0 Å². The summed E-state index contributed by atoms with van der Waals surface area (Å²) in [6, 6.07) is 12.1. The molecule has 1 aliphatic rings. The summed E-state index contributed by atoms with van der Waals surface area (Å²) < 4.78 is 3.26. The molecule has 2 heterocycles. The largest absolute Gasteiger partial charge is 0.269 e. The van der Waals surface area contributed by atoms with E-state index in [1.54, 1.807) is 10.6 Å². The number of rotatable bonds is 1. The Kier molecular flexibility index (Phi) is 3.70. The van der Waals surface area contributed by atoms with Crippen molar-refractivity contribution in [3.8, 4) is 0 Å². The fourth-order valence-corrected chi connectivity index (χ4v) is 4.23. The summed E-state index contributed by atoms with van der Waals surface area (Å²) in [6.45, 7) is 0. The third kappa shape index (κ3) is 2.58. The lowest BCUT2D eigenvalue weighted by atomic mass is 10.1. The molecule has 4 rings (SSSR count). The molecule has 3 nitrogen and oxygen atoms in total. The van der Waals surface area contributed by atoms with Crippen LogP contribution in [-0.4, -0.2) is 9.38 Å². The second kappa shape index (κ2) is 5.73. The summed E-state index contributed by atoms with van der Waals surface area (Å²) in [5.74, 6) is 0. The topological polar surface area (TPSA) is 34.4 Å². The first-order valence-electron chi connectivity index (χ1n) is 7.30. The lowest BCUT2D eigenvalue weighted by Crippen LogP contribution is -2.20. The van der Waals surface area contributed by atoms with E-state index in [9.17, 15) is 4.79 Å². The standard InChI is InChI=1S/C18H12Br2N2O/c19-13-9-15(20)17-21-16-12(8-11-4-2-1-3-5-11)6-7-14(16)18(23)22(17)10-13/h1-5,8-10H,6-7H2/b12-8-. The van der Waals surface area contributed by atoms with E-state index in [0.717, 1.165) is 44.2 Å². The zero-order chi connectivity index (χ0) is 16.0. The quantitative estimate of drug-likeness (QED) is 0.559. The molecular weight excluding hydrogens is 420 g/mol. The van der Waals surface area contributed by atoms with Crippen LogP contribution in [0.5, 0.6) is 0 Å². The third-order valence-electron chi connectivity index (χ3n) is 4.03. The lowest BCUT2D eigenvalue weighted by molar-refractivity contribution is 0.965. The molecule has 23 heavy (non-hydrogen) atoms. The first-order valence-corrected chi connectivity index (χ1v) is 8.88. The Balaban J connectivity index is 1.96. The van der Waals surface area contributed by atoms with Crippen molar-refractivity contribution in [2.24, 2.45) is 0 Å². The molecule has 0 radical (unpaired) electrons. The van der Waals surface area contributed by atoms with Crippen molar-refractivity contribution in [2.75, 3.05) is 0 Å². The van der Waals surface area contributed by atoms with Gasteiger partial charge in [-0.1, -0.05) is 30.3 Å². The predicted molar refractivity (Wildman–Crippen MR) is 99.5 cm³/mol. The van der Waals surface area contributed by atoms with Gasteiger partial charge in [0.1, 0.15) is 0 Å². The number of fused-ring (bicyclic) bond motifs is 2. The van der Waals surface area contributed by atoms with Gasteiger partial charge in [0, 0.05) is 16.2 Å². The van der Waals surface area contributed by atoms with Gasteiger partial charge in [0.25, 0.3) is 5.56 Å². The number of nitrogens with zero attached hydrogens (tertiary/aromatic N) is 2. The highest BCUT2D eigenvalue weighted by atomic mass is 79.9. The second-order valence-electron chi connectivity index (χ2n) is 5.52. The SMILES string of the molecule is O=c1c2c(nc3c(Br)cc(Br)cn13)/C(=C\c1ccccc1)CC2. The van der Waals surface area contributed by atoms with Gasteiger partial charge >= 0.3 is 0 Å². The summed E-state index contributed by atoms with van der Waals surface area (Å²) in [6.07, 6.45) is 5.49. The molecule has 0 N–H and O–H groups in total. The summed E-state index contributed by atoms with van der Waals surface area (Å²) in [5, 5.41) is 0. The van der Waals surface area contributed by atoms with Gasteiger partial charge in [0.2, 0.25) is 0 Å². The minimum Gasteiger partial charge on any atom is -0.269 e. The highest BCUT2D eigenvalue weighted by Gasteiger charge is 2.23. The highest BCUT2D eigenvalue weighted by Crippen LogP contribution is 2.32. The van der Waals surface area contributed by atoms with E-state index in [1.165, 1.54) is 0 Å². The third-order valence-corrected chi connectivity index (χ3v) is 5.05. The van der Waals surface area contributed by atoms with E-state index < -0.39 is 0 Å². The summed E-state index contributed by atoms with van der Waals surface area (Å²) in [4.78, 5) is 17.5. The number of benzene rings is 1. The van der Waals surface area contributed by atoms with E-state index in [1.807, 2.05) is 24.3 Å². The van der Waals surface area contributed by atoms with Crippen LogP contribution in [-0.2, 0) is 6.42 Å². The van der Waals surface area contributed by atoms with Crippen molar-refractivity contribution >= 4 is 49.2 Å². The monoisotopic (exact) mass is 430 g/mol. The molecule has 1 aromatic carbocycles. The van der Waals surface area contributed by atoms with E-state index in [4.69, 9.17) is 4.98 Å². The molecule has 0 spiro atoms. The Labute approximate surface area is 149 Å². The van der Waals surface area contributed by atoms with E-state index >= 15 is 0 Å². The second-order valence-corrected chi connectivity index (χ2v) is 7.29. The van der Waals surface area contributed by atoms with Crippen LogP contribution in [0, 0.1) is 0 Å². The molecule has 2 aromatic heterocycles. The maximum Gasteiger partial charge on any atom is 0.261 e. The van der Waals surface area contributed by atoms with Crippen LogP contribution in [0.25, 0.3) is 17.3 Å². The Bertz CT molecular complexity index is 1010. The van der Waals surface area contributed by atoms with Crippen molar-refractivity contribution < 1.29 is 0 Å². The zero-order valence-corrected chi connectivity index (χ0v) is 15.3. The summed E-state index contributed by atoms with van der Waals surface area (Å²) >= 11 is 6.93. The molecule has 114 valence electrons. The average Bonchev–Trinajstić information content (AvgIpc) is 2.93. The van der Waals surface area contributed by atoms with Crippen LogP contribution in [0.3, 0.4) is 0 Å². The van der Waals surface area contributed by atoms with Gasteiger partial charge in [0.05, 0.1) is 10.2 Å². The van der Waals surface area contributed by atoms with Gasteiger partial charge in [0.15, 0.2) is 5.65 Å². The Morgan fingerprint density at radius 3 is 2.70 bits per heavy atom. The number of pyridine rings is 1. The smallest absolute Gasteiger partial charge is 0.261 e. The molecule has 0 saturated carbocycles. The molecule has 0 amide bonds. The van der Waals surface area contributed by atoms with Crippen LogP contribution in [0.4, 0.5) is 0 Å². The van der Waals surface area contributed by atoms with Crippen molar-refractivity contribution in [1.82, 2.24) is 9.38 Å². The number of hydrogen-bond acceptors (Lipinski definition) is 2. The first kappa shape index (κ1) is 14.8. The van der Waals surface area contributed by atoms with E-state index in [2.05, 4.69) is 50.1 Å². The molecule has 0 saturated heterocycles. The maximum absolute atomic E-state index is 12.8. The Morgan fingerprint density at radius 2 is 1.91 bits per heavy atom. The molecule has 5 heteroatoms. The maximum atomic E-state index is 12.8. The average molecular weight is 432 g/mol.